The van der Waals surface area contributed by atoms with E-state index in [0.29, 0.717) is 13.1 Å². The number of benzene rings is 2. The molecule has 1 saturated heterocycles. The molecule has 1 aliphatic heterocycles. The normalized spacial score (nSPS) is 15.6. The highest BCUT2D eigenvalue weighted by atomic mass is 32.2. The maximum absolute atomic E-state index is 13.7. The van der Waals surface area contributed by atoms with E-state index in [4.69, 9.17) is 0 Å². The summed E-state index contributed by atoms with van der Waals surface area (Å²) in [4.78, 5) is 12.3. The highest BCUT2D eigenvalue weighted by Gasteiger charge is 2.26. The molecular formula is C18H18F2N2O3S. The summed E-state index contributed by atoms with van der Waals surface area (Å²) in [5.41, 5.74) is -0.258. The van der Waals surface area contributed by atoms with E-state index in [1.54, 1.807) is 0 Å². The molecule has 138 valence electrons. The van der Waals surface area contributed by atoms with Crippen molar-refractivity contribution in [2.75, 3.05) is 18.4 Å². The van der Waals surface area contributed by atoms with Crippen molar-refractivity contribution in [1.82, 2.24) is 4.31 Å². The number of hydrogen-bond donors (Lipinski definition) is 1. The molecule has 2 aromatic carbocycles. The molecule has 0 aliphatic carbocycles. The van der Waals surface area contributed by atoms with Crippen LogP contribution in [0.4, 0.5) is 14.5 Å². The van der Waals surface area contributed by atoms with Crippen molar-refractivity contribution in [2.45, 2.75) is 24.2 Å². The van der Waals surface area contributed by atoms with Crippen molar-refractivity contribution in [3.63, 3.8) is 0 Å². The lowest BCUT2D eigenvalue weighted by Crippen LogP contribution is -2.35. The molecule has 0 radical (unpaired) electrons. The summed E-state index contributed by atoms with van der Waals surface area (Å²) in [6.07, 6.45) is 2.60. The first-order valence-electron chi connectivity index (χ1n) is 8.24. The lowest BCUT2D eigenvalue weighted by molar-refractivity contribution is 0.102. The zero-order valence-corrected chi connectivity index (χ0v) is 14.7. The van der Waals surface area contributed by atoms with Gasteiger partial charge in [-0.2, -0.15) is 4.31 Å². The zero-order valence-electron chi connectivity index (χ0n) is 13.9. The summed E-state index contributed by atoms with van der Waals surface area (Å²) < 4.78 is 53.7. The van der Waals surface area contributed by atoms with Crippen molar-refractivity contribution in [3.8, 4) is 0 Å². The predicted octanol–water partition coefficient (Wildman–Crippen LogP) is 3.39. The molecule has 0 aromatic heterocycles. The third kappa shape index (κ3) is 3.91. The molecule has 0 atom stereocenters. The third-order valence-corrected chi connectivity index (χ3v) is 6.12. The van der Waals surface area contributed by atoms with Gasteiger partial charge in [-0.3, -0.25) is 4.79 Å². The molecule has 3 rings (SSSR count). The molecule has 2 aromatic rings. The van der Waals surface area contributed by atoms with Crippen molar-refractivity contribution in [1.29, 1.82) is 0 Å². The van der Waals surface area contributed by atoms with Crippen molar-refractivity contribution >= 4 is 21.6 Å². The van der Waals surface area contributed by atoms with Gasteiger partial charge in [0.05, 0.1) is 10.6 Å². The van der Waals surface area contributed by atoms with Gasteiger partial charge in [-0.15, -0.1) is 0 Å². The Morgan fingerprint density at radius 2 is 1.73 bits per heavy atom. The first-order valence-corrected chi connectivity index (χ1v) is 9.68. The Labute approximate surface area is 150 Å². The van der Waals surface area contributed by atoms with E-state index in [1.807, 2.05) is 0 Å². The van der Waals surface area contributed by atoms with Crippen LogP contribution in [0.25, 0.3) is 0 Å². The van der Waals surface area contributed by atoms with Crippen molar-refractivity contribution in [2.24, 2.45) is 0 Å². The number of anilines is 1. The third-order valence-electron chi connectivity index (χ3n) is 4.23. The van der Waals surface area contributed by atoms with Gasteiger partial charge in [0, 0.05) is 24.7 Å². The fourth-order valence-electron chi connectivity index (χ4n) is 2.84. The topological polar surface area (TPSA) is 66.5 Å². The largest absolute Gasteiger partial charge is 0.319 e. The summed E-state index contributed by atoms with van der Waals surface area (Å²) in [7, 11) is -3.69. The van der Waals surface area contributed by atoms with Gasteiger partial charge in [-0.25, -0.2) is 17.2 Å². The van der Waals surface area contributed by atoms with Crippen LogP contribution in [0.3, 0.4) is 0 Å². The summed E-state index contributed by atoms with van der Waals surface area (Å²) in [6.45, 7) is 0.903. The van der Waals surface area contributed by atoms with Crippen LogP contribution in [0.1, 0.15) is 29.6 Å². The number of piperidine rings is 1. The molecule has 5 nitrogen and oxygen atoms in total. The minimum atomic E-state index is -3.69. The van der Waals surface area contributed by atoms with Gasteiger partial charge in [-0.1, -0.05) is 12.5 Å². The maximum atomic E-state index is 13.7. The monoisotopic (exact) mass is 380 g/mol. The Kier molecular flexibility index (Phi) is 5.33. The molecule has 1 amide bonds. The number of carbonyl (C=O) groups is 1. The molecule has 0 bridgehead atoms. The number of nitrogens with one attached hydrogen (secondary N) is 1. The summed E-state index contributed by atoms with van der Waals surface area (Å²) >= 11 is 0. The minimum Gasteiger partial charge on any atom is -0.319 e. The SMILES string of the molecule is O=C(Nc1cc(F)ccc1F)c1cccc(S(=O)(=O)N2CCCCC2)c1. The van der Waals surface area contributed by atoms with E-state index < -0.39 is 27.6 Å². The Hall–Kier alpha value is -2.32. The van der Waals surface area contributed by atoms with Gasteiger partial charge in [0.1, 0.15) is 11.6 Å². The quantitative estimate of drug-likeness (QED) is 0.884. The van der Waals surface area contributed by atoms with Crippen LogP contribution < -0.4 is 5.32 Å². The first-order chi connectivity index (χ1) is 12.4. The number of amides is 1. The lowest BCUT2D eigenvalue weighted by atomic mass is 10.2. The fourth-order valence-corrected chi connectivity index (χ4v) is 4.40. The second-order valence-corrected chi connectivity index (χ2v) is 8.01. The van der Waals surface area contributed by atoms with Crippen LogP contribution in [-0.2, 0) is 10.0 Å². The summed E-state index contributed by atoms with van der Waals surface area (Å²) in [5.74, 6) is -2.19. The average Bonchev–Trinajstić information content (AvgIpc) is 2.65. The number of nitrogens with zero attached hydrogens (tertiary/aromatic N) is 1. The Morgan fingerprint density at radius 1 is 1.00 bits per heavy atom. The summed E-state index contributed by atoms with van der Waals surface area (Å²) in [5, 5.41) is 2.26. The van der Waals surface area contributed by atoms with Crippen LogP contribution in [0, 0.1) is 11.6 Å². The molecule has 1 N–H and O–H groups in total. The number of rotatable bonds is 4. The number of hydrogen-bond acceptors (Lipinski definition) is 3. The van der Waals surface area contributed by atoms with Crippen LogP contribution in [0.2, 0.25) is 0 Å². The van der Waals surface area contributed by atoms with E-state index in [2.05, 4.69) is 5.32 Å². The fraction of sp³-hybridized carbons (Fsp3) is 0.278. The molecule has 0 spiro atoms. The summed E-state index contributed by atoms with van der Waals surface area (Å²) in [6, 6.07) is 8.25. The number of carbonyl (C=O) groups excluding carboxylic acids is 1. The molecule has 8 heteroatoms. The Balaban J connectivity index is 1.84. The van der Waals surface area contributed by atoms with Gasteiger partial charge in [0.15, 0.2) is 0 Å². The predicted molar refractivity (Wildman–Crippen MR) is 93.4 cm³/mol. The molecule has 1 heterocycles. The van der Waals surface area contributed by atoms with Gasteiger partial charge in [0.25, 0.3) is 5.91 Å². The van der Waals surface area contributed by atoms with Crippen LogP contribution in [0.5, 0.6) is 0 Å². The highest BCUT2D eigenvalue weighted by molar-refractivity contribution is 7.89. The van der Waals surface area contributed by atoms with E-state index in [-0.39, 0.29) is 16.1 Å². The van der Waals surface area contributed by atoms with E-state index >= 15 is 0 Å². The molecule has 26 heavy (non-hydrogen) atoms. The molecule has 1 fully saturated rings. The van der Waals surface area contributed by atoms with Crippen LogP contribution in [-0.4, -0.2) is 31.7 Å². The lowest BCUT2D eigenvalue weighted by Gasteiger charge is -2.26. The van der Waals surface area contributed by atoms with Crippen LogP contribution >= 0.6 is 0 Å². The number of halogens is 2. The average molecular weight is 380 g/mol. The maximum Gasteiger partial charge on any atom is 0.255 e. The second-order valence-electron chi connectivity index (χ2n) is 6.07. The van der Waals surface area contributed by atoms with E-state index in [9.17, 15) is 22.0 Å². The van der Waals surface area contributed by atoms with Crippen LogP contribution in [0.15, 0.2) is 47.4 Å². The second kappa shape index (κ2) is 7.51. The van der Waals surface area contributed by atoms with Gasteiger partial charge in [0.2, 0.25) is 10.0 Å². The highest BCUT2D eigenvalue weighted by Crippen LogP contribution is 2.22. The Morgan fingerprint density at radius 3 is 2.46 bits per heavy atom. The standard InChI is InChI=1S/C18H18F2N2O3S/c19-14-7-8-16(20)17(12-14)21-18(23)13-5-4-6-15(11-13)26(24,25)22-9-2-1-3-10-22/h4-8,11-12H,1-3,9-10H2,(H,21,23). The van der Waals surface area contributed by atoms with Gasteiger partial charge < -0.3 is 5.32 Å². The molecule has 0 saturated carbocycles. The van der Waals surface area contributed by atoms with Crippen molar-refractivity contribution < 1.29 is 22.0 Å². The minimum absolute atomic E-state index is 0.00626. The van der Waals surface area contributed by atoms with E-state index in [1.165, 1.54) is 28.6 Å². The van der Waals surface area contributed by atoms with Gasteiger partial charge in [-0.05, 0) is 43.2 Å². The van der Waals surface area contributed by atoms with Crippen molar-refractivity contribution in [3.05, 3.63) is 59.7 Å². The number of sulfonamides is 1. The molecule has 0 unspecified atom stereocenters. The van der Waals surface area contributed by atoms with E-state index in [0.717, 1.165) is 37.5 Å². The molecule has 1 aliphatic rings. The zero-order chi connectivity index (χ0) is 18.7. The smallest absolute Gasteiger partial charge is 0.255 e. The Bertz CT molecular complexity index is 926. The molecular weight excluding hydrogens is 362 g/mol. The van der Waals surface area contributed by atoms with Gasteiger partial charge >= 0.3 is 0 Å². The first kappa shape index (κ1) is 18.5.